The number of aryl methyl sites for hydroxylation is 1. The van der Waals surface area contributed by atoms with E-state index in [0.29, 0.717) is 0 Å². The van der Waals surface area contributed by atoms with Crippen LogP contribution in [0.5, 0.6) is 0 Å². The van der Waals surface area contributed by atoms with Crippen LogP contribution in [0.3, 0.4) is 0 Å². The van der Waals surface area contributed by atoms with Crippen LogP contribution in [0.25, 0.3) is 0 Å². The lowest BCUT2D eigenvalue weighted by Crippen LogP contribution is -2.07. The molecule has 0 aliphatic heterocycles. The molecule has 0 spiro atoms. The molecule has 0 unspecified atom stereocenters. The van der Waals surface area contributed by atoms with Crippen molar-refractivity contribution in [3.63, 3.8) is 0 Å². The van der Waals surface area contributed by atoms with Crippen molar-refractivity contribution in [1.82, 2.24) is 10.2 Å². The molecule has 1 aromatic rings. The Labute approximate surface area is 93.5 Å². The van der Waals surface area contributed by atoms with E-state index in [1.807, 2.05) is 0 Å². The van der Waals surface area contributed by atoms with Crippen LogP contribution in [0.15, 0.2) is 22.4 Å². The van der Waals surface area contributed by atoms with Crippen LogP contribution in [0.4, 0.5) is 13.2 Å². The lowest BCUT2D eigenvalue weighted by atomic mass is 10.2. The average molecular weight is 287 g/mol. The van der Waals surface area contributed by atoms with Crippen LogP contribution in [0, 0.1) is 0 Å². The topological polar surface area (TPSA) is 38.9 Å². The maximum atomic E-state index is 11.7. The van der Waals surface area contributed by atoms with E-state index < -0.39 is 12.6 Å². The molecule has 0 N–H and O–H groups in total. The van der Waals surface area contributed by atoms with Gasteiger partial charge in [0.2, 0.25) is 5.89 Å². The van der Waals surface area contributed by atoms with Gasteiger partial charge in [0.15, 0.2) is 0 Å². The summed E-state index contributed by atoms with van der Waals surface area (Å²) in [4.78, 5) is 0.189. The Kier molecular flexibility index (Phi) is 6.23. The van der Waals surface area contributed by atoms with E-state index in [0.717, 1.165) is 0 Å². The summed E-state index contributed by atoms with van der Waals surface area (Å²) in [6.07, 6.45) is -4.82. The number of aromatic nitrogens is 2. The van der Waals surface area contributed by atoms with Gasteiger partial charge in [0.25, 0.3) is 4.80 Å². The van der Waals surface area contributed by atoms with Gasteiger partial charge >= 0.3 is 6.18 Å². The van der Waals surface area contributed by atoms with Crippen LogP contribution in [0.1, 0.15) is 18.7 Å². The fourth-order valence-corrected chi connectivity index (χ4v) is 1.04. The molecule has 0 aromatic carbocycles. The molecule has 0 fully saturated rings. The predicted octanol–water partition coefficient (Wildman–Crippen LogP) is 3.52. The number of halogens is 4. The second kappa shape index (κ2) is 6.60. The number of hydrogen-bond donors (Lipinski definition) is 0. The summed E-state index contributed by atoms with van der Waals surface area (Å²) in [5.74, 6) is 0.219. The summed E-state index contributed by atoms with van der Waals surface area (Å²) in [5, 5.41) is 6.95. The van der Waals surface area contributed by atoms with Gasteiger partial charge in [0.05, 0.1) is 0 Å². The zero-order chi connectivity index (χ0) is 11.9. The quantitative estimate of drug-likeness (QED) is 0.798. The molecule has 0 amide bonds. The fourth-order valence-electron chi connectivity index (χ4n) is 0.774. The van der Waals surface area contributed by atoms with E-state index in [2.05, 4.69) is 39.3 Å². The van der Waals surface area contributed by atoms with Gasteiger partial charge in [-0.1, -0.05) is 0 Å². The monoisotopic (exact) mass is 286 g/mol. The van der Waals surface area contributed by atoms with Gasteiger partial charge in [-0.2, -0.15) is 13.2 Å². The highest BCUT2D eigenvalue weighted by Crippen LogP contribution is 2.22. The van der Waals surface area contributed by atoms with Crippen molar-refractivity contribution in [1.29, 1.82) is 0 Å². The Morgan fingerprint density at radius 1 is 1.27 bits per heavy atom. The second-order valence-electron chi connectivity index (χ2n) is 2.42. The van der Waals surface area contributed by atoms with Gasteiger partial charge in [0, 0.05) is 28.8 Å². The maximum absolute atomic E-state index is 11.7. The Morgan fingerprint density at radius 3 is 2.27 bits per heavy atom. The minimum absolute atomic E-state index is 0.0296. The third-order valence-electron chi connectivity index (χ3n) is 1.29. The molecule has 0 radical (unpaired) electrons. The van der Waals surface area contributed by atoms with Crippen LogP contribution in [-0.4, -0.2) is 16.4 Å². The summed E-state index contributed by atoms with van der Waals surface area (Å²) in [7, 11) is 0. The van der Waals surface area contributed by atoms with Gasteiger partial charge < -0.3 is 4.42 Å². The molecule has 0 aliphatic carbocycles. The van der Waals surface area contributed by atoms with Crippen molar-refractivity contribution in [2.45, 2.75) is 25.4 Å². The number of nitrogens with zero attached hydrogens (tertiary/aromatic N) is 2. The minimum atomic E-state index is -4.11. The van der Waals surface area contributed by atoms with E-state index in [1.54, 1.807) is 0 Å². The minimum Gasteiger partial charge on any atom is -0.416 e. The Morgan fingerprint density at radius 2 is 1.87 bits per heavy atom. The summed E-state index contributed by atoms with van der Waals surface area (Å²) >= 11 is 2.90. The van der Waals surface area contributed by atoms with E-state index in [4.69, 9.17) is 4.42 Å². The molecule has 7 heteroatoms. The summed E-state index contributed by atoms with van der Waals surface area (Å²) in [6, 6.07) is 0. The first-order valence-corrected chi connectivity index (χ1v) is 4.81. The Hall–Kier alpha value is -0.850. The fraction of sp³-hybridized carbons (Fsp3) is 0.500. The highest BCUT2D eigenvalue weighted by atomic mass is 79.9. The van der Waals surface area contributed by atoms with Crippen molar-refractivity contribution in [2.75, 3.05) is 0 Å². The first-order chi connectivity index (χ1) is 6.97. The number of rotatable bonds is 3. The maximum Gasteiger partial charge on any atom is 0.389 e. The predicted molar refractivity (Wildman–Crippen MR) is 52.2 cm³/mol. The molecule has 0 saturated heterocycles. The SMILES string of the molecule is C=C.FC(F)(F)CCCc1nnc(Br)o1. The third-order valence-corrected chi connectivity index (χ3v) is 1.61. The van der Waals surface area contributed by atoms with Crippen molar-refractivity contribution in [3.8, 4) is 0 Å². The molecule has 1 aromatic heterocycles. The third kappa shape index (κ3) is 7.12. The largest absolute Gasteiger partial charge is 0.416 e. The Bertz CT molecular complexity index is 288. The van der Waals surface area contributed by atoms with Crippen LogP contribution in [0.2, 0.25) is 0 Å². The van der Waals surface area contributed by atoms with E-state index >= 15 is 0 Å². The van der Waals surface area contributed by atoms with Gasteiger partial charge in [0.1, 0.15) is 0 Å². The summed E-state index contributed by atoms with van der Waals surface area (Å²) in [6.45, 7) is 6.00. The zero-order valence-electron chi connectivity index (χ0n) is 7.85. The molecule has 15 heavy (non-hydrogen) atoms. The zero-order valence-corrected chi connectivity index (χ0v) is 9.44. The molecule has 0 saturated carbocycles. The highest BCUT2D eigenvalue weighted by molar-refractivity contribution is 9.10. The second-order valence-corrected chi connectivity index (χ2v) is 3.10. The number of hydrogen-bond acceptors (Lipinski definition) is 3. The van der Waals surface area contributed by atoms with Gasteiger partial charge in [-0.3, -0.25) is 0 Å². The van der Waals surface area contributed by atoms with Crippen LogP contribution < -0.4 is 0 Å². The van der Waals surface area contributed by atoms with E-state index in [-0.39, 0.29) is 23.5 Å². The van der Waals surface area contributed by atoms with Crippen LogP contribution in [-0.2, 0) is 6.42 Å². The lowest BCUT2D eigenvalue weighted by Gasteiger charge is -2.02. The molecule has 3 nitrogen and oxygen atoms in total. The molecule has 0 bridgehead atoms. The van der Waals surface area contributed by atoms with Crippen molar-refractivity contribution in [3.05, 3.63) is 23.8 Å². The molecule has 0 atom stereocenters. The first-order valence-electron chi connectivity index (χ1n) is 4.02. The van der Waals surface area contributed by atoms with Gasteiger partial charge in [-0.25, -0.2) is 0 Å². The van der Waals surface area contributed by atoms with E-state index in [1.165, 1.54) is 0 Å². The standard InChI is InChI=1S/C6H6BrF3N2O.C2H4/c7-5-12-11-4(13-5)2-1-3-6(8,9)10;1-2/h1-3H2;1-2H2. The average Bonchev–Trinajstić information content (AvgIpc) is 2.53. The molecule has 0 aliphatic rings. The molecule has 1 heterocycles. The molecular formula is C8H10BrF3N2O. The van der Waals surface area contributed by atoms with Crippen molar-refractivity contribution in [2.24, 2.45) is 0 Å². The molecule has 86 valence electrons. The summed E-state index contributed by atoms with van der Waals surface area (Å²) < 4.78 is 39.9. The highest BCUT2D eigenvalue weighted by Gasteiger charge is 2.26. The number of alkyl halides is 3. The summed E-state index contributed by atoms with van der Waals surface area (Å²) in [5.41, 5.74) is 0. The van der Waals surface area contributed by atoms with Gasteiger partial charge in [-0.05, 0) is 6.42 Å². The molecule has 1 rings (SSSR count). The van der Waals surface area contributed by atoms with Gasteiger partial charge in [-0.15, -0.1) is 23.4 Å². The van der Waals surface area contributed by atoms with E-state index in [9.17, 15) is 13.2 Å². The Balaban J connectivity index is 0.000000921. The lowest BCUT2D eigenvalue weighted by molar-refractivity contribution is -0.135. The first kappa shape index (κ1) is 14.2. The van der Waals surface area contributed by atoms with Crippen molar-refractivity contribution < 1.29 is 17.6 Å². The smallest absolute Gasteiger partial charge is 0.389 e. The van der Waals surface area contributed by atoms with Crippen LogP contribution >= 0.6 is 15.9 Å². The van der Waals surface area contributed by atoms with Crippen molar-refractivity contribution >= 4 is 15.9 Å². The normalized spacial score (nSPS) is 10.7. The molecular weight excluding hydrogens is 277 g/mol.